The monoisotopic (exact) mass is 400 g/mol. The van der Waals surface area contributed by atoms with E-state index < -0.39 is 0 Å². The van der Waals surface area contributed by atoms with E-state index in [-0.39, 0.29) is 5.91 Å². The first-order valence-electron chi connectivity index (χ1n) is 8.97. The average molecular weight is 401 g/mol. The summed E-state index contributed by atoms with van der Waals surface area (Å²) in [6.45, 7) is 4.11. The number of nitrogens with zero attached hydrogens (tertiary/aromatic N) is 2. The number of benzene rings is 2. The van der Waals surface area contributed by atoms with Crippen LogP contribution in [0.2, 0.25) is 5.02 Å². The fraction of sp³-hybridized carbons (Fsp3) is 0.286. The molecule has 3 aromatic rings. The van der Waals surface area contributed by atoms with Gasteiger partial charge in [0.05, 0.1) is 12.1 Å². The van der Waals surface area contributed by atoms with Crippen LogP contribution in [0.4, 0.5) is 0 Å². The fourth-order valence-electron chi connectivity index (χ4n) is 3.41. The lowest BCUT2D eigenvalue weighted by Crippen LogP contribution is -2.48. The quantitative estimate of drug-likeness (QED) is 0.645. The van der Waals surface area contributed by atoms with E-state index in [1.807, 2.05) is 29.2 Å². The van der Waals surface area contributed by atoms with E-state index in [1.165, 1.54) is 16.9 Å². The summed E-state index contributed by atoms with van der Waals surface area (Å²) in [7, 11) is 1.63. The Morgan fingerprint density at radius 2 is 1.85 bits per heavy atom. The number of carbonyl (C=O) groups is 1. The van der Waals surface area contributed by atoms with E-state index in [2.05, 4.69) is 29.2 Å². The number of hydrogen-bond donors (Lipinski definition) is 0. The van der Waals surface area contributed by atoms with Gasteiger partial charge in [-0.05, 0) is 23.8 Å². The van der Waals surface area contributed by atoms with Gasteiger partial charge in [0, 0.05) is 42.8 Å². The Balaban J connectivity index is 1.45. The third-order valence-electron chi connectivity index (χ3n) is 4.94. The minimum Gasteiger partial charge on any atom is -0.497 e. The molecular formula is C21H21ClN2O2S. The van der Waals surface area contributed by atoms with Crippen molar-refractivity contribution in [2.24, 2.45) is 0 Å². The summed E-state index contributed by atoms with van der Waals surface area (Å²) in [4.78, 5) is 17.9. The molecule has 1 fully saturated rings. The van der Waals surface area contributed by atoms with E-state index in [1.54, 1.807) is 7.11 Å². The van der Waals surface area contributed by atoms with E-state index >= 15 is 0 Å². The molecule has 0 bridgehead atoms. The Labute approximate surface area is 167 Å². The number of thiophene rings is 1. The lowest BCUT2D eigenvalue weighted by atomic mass is 10.2. The summed E-state index contributed by atoms with van der Waals surface area (Å²) in [6, 6.07) is 16.2. The molecule has 0 saturated carbocycles. The Morgan fingerprint density at radius 3 is 2.56 bits per heavy atom. The minimum absolute atomic E-state index is 0.0273. The van der Waals surface area contributed by atoms with Crippen LogP contribution >= 0.6 is 22.9 Å². The summed E-state index contributed by atoms with van der Waals surface area (Å²) < 4.78 is 6.28. The van der Waals surface area contributed by atoms with Gasteiger partial charge in [-0.15, -0.1) is 11.3 Å². The van der Waals surface area contributed by atoms with Crippen LogP contribution in [0.5, 0.6) is 5.75 Å². The zero-order chi connectivity index (χ0) is 18.8. The molecule has 4 nitrogen and oxygen atoms in total. The van der Waals surface area contributed by atoms with Crippen LogP contribution in [0.1, 0.15) is 15.2 Å². The zero-order valence-electron chi connectivity index (χ0n) is 15.2. The summed E-state index contributed by atoms with van der Waals surface area (Å²) >= 11 is 7.99. The Morgan fingerprint density at radius 1 is 1.11 bits per heavy atom. The van der Waals surface area contributed by atoms with Gasteiger partial charge >= 0.3 is 0 Å². The number of methoxy groups -OCH3 is 1. The maximum absolute atomic E-state index is 13.0. The molecule has 140 valence electrons. The summed E-state index contributed by atoms with van der Waals surface area (Å²) in [5.74, 6) is 0.773. The molecule has 1 aliphatic rings. The van der Waals surface area contributed by atoms with Crippen LogP contribution in [-0.2, 0) is 6.54 Å². The maximum atomic E-state index is 13.0. The second-order valence-corrected chi connectivity index (χ2v) is 8.09. The summed E-state index contributed by atoms with van der Waals surface area (Å²) in [5.41, 5.74) is 1.30. The smallest absolute Gasteiger partial charge is 0.265 e. The van der Waals surface area contributed by atoms with Gasteiger partial charge in [0.15, 0.2) is 0 Å². The lowest BCUT2D eigenvalue weighted by molar-refractivity contribution is 0.0633. The highest BCUT2D eigenvalue weighted by molar-refractivity contribution is 7.21. The fourth-order valence-corrected chi connectivity index (χ4v) is 4.86. The van der Waals surface area contributed by atoms with Crippen LogP contribution in [-0.4, -0.2) is 49.0 Å². The molecule has 4 rings (SSSR count). The third-order valence-corrected chi connectivity index (χ3v) is 6.60. The molecule has 0 atom stereocenters. The minimum atomic E-state index is 0.0273. The molecule has 1 aliphatic heterocycles. The van der Waals surface area contributed by atoms with Crippen LogP contribution < -0.4 is 4.74 Å². The first kappa shape index (κ1) is 18.3. The normalized spacial score (nSPS) is 15.3. The van der Waals surface area contributed by atoms with Gasteiger partial charge in [-0.2, -0.15) is 0 Å². The molecule has 0 N–H and O–H groups in total. The van der Waals surface area contributed by atoms with Crippen molar-refractivity contribution in [1.82, 2.24) is 9.80 Å². The van der Waals surface area contributed by atoms with Crippen molar-refractivity contribution in [3.05, 3.63) is 64.0 Å². The first-order valence-corrected chi connectivity index (χ1v) is 10.2. The third kappa shape index (κ3) is 3.81. The molecule has 0 radical (unpaired) electrons. The molecule has 0 unspecified atom stereocenters. The number of amides is 1. The predicted molar refractivity (Wildman–Crippen MR) is 111 cm³/mol. The van der Waals surface area contributed by atoms with Crippen molar-refractivity contribution in [1.29, 1.82) is 0 Å². The van der Waals surface area contributed by atoms with Gasteiger partial charge in [-0.1, -0.05) is 41.9 Å². The largest absolute Gasteiger partial charge is 0.497 e. The Kier molecular flexibility index (Phi) is 5.34. The van der Waals surface area contributed by atoms with E-state index in [9.17, 15) is 4.79 Å². The number of fused-ring (bicyclic) bond motifs is 1. The van der Waals surface area contributed by atoms with Gasteiger partial charge in [0.2, 0.25) is 0 Å². The van der Waals surface area contributed by atoms with Crippen molar-refractivity contribution >= 4 is 38.9 Å². The molecule has 1 saturated heterocycles. The second kappa shape index (κ2) is 7.89. The van der Waals surface area contributed by atoms with Gasteiger partial charge in [-0.25, -0.2) is 0 Å². The number of carbonyl (C=O) groups excluding carboxylic acids is 1. The average Bonchev–Trinajstić information content (AvgIpc) is 3.05. The van der Waals surface area contributed by atoms with Gasteiger partial charge in [0.25, 0.3) is 5.91 Å². The summed E-state index contributed by atoms with van der Waals surface area (Å²) in [5, 5.41) is 1.41. The summed E-state index contributed by atoms with van der Waals surface area (Å²) in [6.07, 6.45) is 0. The van der Waals surface area contributed by atoms with Gasteiger partial charge in [0.1, 0.15) is 10.6 Å². The van der Waals surface area contributed by atoms with Gasteiger partial charge in [-0.3, -0.25) is 9.69 Å². The molecule has 1 amide bonds. The van der Waals surface area contributed by atoms with Crippen molar-refractivity contribution in [2.75, 3.05) is 33.3 Å². The standard InChI is InChI=1S/C21H21ClN2O2S/c1-26-16-7-8-18-17(13-16)19(22)20(27-18)21(25)24-11-9-23(10-12-24)14-15-5-3-2-4-6-15/h2-8,13H,9-12,14H2,1H3. The van der Waals surface area contributed by atoms with Crippen LogP contribution in [0.3, 0.4) is 0 Å². The zero-order valence-corrected chi connectivity index (χ0v) is 16.7. The highest BCUT2D eigenvalue weighted by Gasteiger charge is 2.26. The second-order valence-electron chi connectivity index (χ2n) is 6.66. The van der Waals surface area contributed by atoms with Crippen molar-refractivity contribution < 1.29 is 9.53 Å². The van der Waals surface area contributed by atoms with Crippen molar-refractivity contribution in [3.63, 3.8) is 0 Å². The molecule has 6 heteroatoms. The molecule has 2 heterocycles. The predicted octanol–water partition coefficient (Wildman–Crippen LogP) is 4.52. The number of hydrogen-bond acceptors (Lipinski definition) is 4. The van der Waals surface area contributed by atoms with E-state index in [0.717, 1.165) is 48.6 Å². The molecular weight excluding hydrogens is 380 g/mol. The lowest BCUT2D eigenvalue weighted by Gasteiger charge is -2.34. The number of ether oxygens (including phenoxy) is 1. The molecule has 0 spiro atoms. The van der Waals surface area contributed by atoms with Crippen molar-refractivity contribution in [2.45, 2.75) is 6.54 Å². The van der Waals surface area contributed by atoms with Crippen molar-refractivity contribution in [3.8, 4) is 5.75 Å². The van der Waals surface area contributed by atoms with Crippen LogP contribution in [0, 0.1) is 0 Å². The number of piperazine rings is 1. The van der Waals surface area contributed by atoms with E-state index in [4.69, 9.17) is 16.3 Å². The number of rotatable bonds is 4. The molecule has 27 heavy (non-hydrogen) atoms. The van der Waals surface area contributed by atoms with Gasteiger partial charge < -0.3 is 9.64 Å². The molecule has 2 aromatic carbocycles. The highest BCUT2D eigenvalue weighted by Crippen LogP contribution is 2.38. The van der Waals surface area contributed by atoms with Crippen LogP contribution in [0.15, 0.2) is 48.5 Å². The topological polar surface area (TPSA) is 32.8 Å². The van der Waals surface area contributed by atoms with Crippen LogP contribution in [0.25, 0.3) is 10.1 Å². The molecule has 1 aromatic heterocycles. The Hall–Kier alpha value is -2.08. The Bertz CT molecular complexity index is 949. The molecule has 0 aliphatic carbocycles. The van der Waals surface area contributed by atoms with E-state index in [0.29, 0.717) is 9.90 Å². The first-order chi connectivity index (χ1) is 13.2. The number of halogens is 1. The SMILES string of the molecule is COc1ccc2sc(C(=O)N3CCN(Cc4ccccc4)CC3)c(Cl)c2c1. The maximum Gasteiger partial charge on any atom is 0.265 e. The highest BCUT2D eigenvalue weighted by atomic mass is 35.5.